The van der Waals surface area contributed by atoms with E-state index < -0.39 is 11.1 Å². The first-order chi connectivity index (χ1) is 14.2. The summed E-state index contributed by atoms with van der Waals surface area (Å²) in [4.78, 5) is 24.3. The van der Waals surface area contributed by atoms with E-state index >= 15 is 0 Å². The summed E-state index contributed by atoms with van der Waals surface area (Å²) < 4.78 is 20.9. The van der Waals surface area contributed by atoms with Crippen LogP contribution in [0.25, 0.3) is 5.69 Å². The molecule has 3 rings (SSSR count). The molecule has 0 bridgehead atoms. The Labute approximate surface area is 177 Å². The Morgan fingerprint density at radius 3 is 2.57 bits per heavy atom. The van der Waals surface area contributed by atoms with Crippen LogP contribution >= 0.6 is 11.8 Å². The maximum atomic E-state index is 14.5. The minimum atomic E-state index is -0.498. The van der Waals surface area contributed by atoms with Gasteiger partial charge in [-0.15, -0.1) is 11.8 Å². The molecule has 2 N–H and O–H groups in total. The number of amides is 2. The van der Waals surface area contributed by atoms with E-state index in [9.17, 15) is 14.0 Å². The minimum Gasteiger partial charge on any atom is -0.360 e. The molecule has 1 unspecified atom stereocenters. The third-order valence-electron chi connectivity index (χ3n) is 4.18. The molecule has 8 nitrogen and oxygen atoms in total. The van der Waals surface area contributed by atoms with Gasteiger partial charge in [-0.05, 0) is 52.0 Å². The van der Waals surface area contributed by atoms with Gasteiger partial charge in [0.15, 0.2) is 11.6 Å². The van der Waals surface area contributed by atoms with Crippen molar-refractivity contribution in [3.05, 3.63) is 53.3 Å². The van der Waals surface area contributed by atoms with Crippen LogP contribution in [-0.4, -0.2) is 37.8 Å². The van der Waals surface area contributed by atoms with Gasteiger partial charge in [0.2, 0.25) is 11.8 Å². The predicted molar refractivity (Wildman–Crippen MR) is 113 cm³/mol. The number of aryl methyl sites for hydroxylation is 3. The molecular weight excluding hydrogens is 409 g/mol. The first-order valence-corrected chi connectivity index (χ1v) is 10.3. The predicted octanol–water partition coefficient (Wildman–Crippen LogP) is 3.62. The second-order valence-corrected chi connectivity index (χ2v) is 8.15. The first kappa shape index (κ1) is 21.6. The lowest BCUT2D eigenvalue weighted by molar-refractivity contribution is -0.115. The number of nitrogens with one attached hydrogen (secondary N) is 2. The van der Waals surface area contributed by atoms with E-state index in [4.69, 9.17) is 4.52 Å². The number of hydrogen-bond acceptors (Lipinski definition) is 6. The molecule has 0 aliphatic heterocycles. The van der Waals surface area contributed by atoms with Gasteiger partial charge in [-0.3, -0.25) is 9.59 Å². The molecule has 2 aromatic heterocycles. The van der Waals surface area contributed by atoms with Crippen LogP contribution in [0, 0.1) is 26.6 Å². The topological polar surface area (TPSA) is 102 Å². The molecular formula is C20H22FN5O3S. The summed E-state index contributed by atoms with van der Waals surface area (Å²) in [7, 11) is 0. The van der Waals surface area contributed by atoms with E-state index in [-0.39, 0.29) is 17.6 Å². The number of anilines is 2. The molecule has 1 atom stereocenters. The van der Waals surface area contributed by atoms with Crippen molar-refractivity contribution in [2.75, 3.05) is 16.4 Å². The van der Waals surface area contributed by atoms with Crippen molar-refractivity contribution in [2.45, 2.75) is 32.9 Å². The third kappa shape index (κ3) is 5.26. The number of benzene rings is 1. The zero-order valence-electron chi connectivity index (χ0n) is 17.0. The maximum Gasteiger partial charge on any atom is 0.238 e. The largest absolute Gasteiger partial charge is 0.360 e. The van der Waals surface area contributed by atoms with Crippen molar-refractivity contribution in [2.24, 2.45) is 0 Å². The summed E-state index contributed by atoms with van der Waals surface area (Å²) in [5, 5.41) is 12.7. The van der Waals surface area contributed by atoms with Crippen LogP contribution in [0.2, 0.25) is 0 Å². The second kappa shape index (κ2) is 9.12. The van der Waals surface area contributed by atoms with Crippen LogP contribution in [0.3, 0.4) is 0 Å². The maximum absolute atomic E-state index is 14.5. The highest BCUT2D eigenvalue weighted by Gasteiger charge is 2.17. The Kier molecular flexibility index (Phi) is 6.56. The van der Waals surface area contributed by atoms with Gasteiger partial charge in [-0.2, -0.15) is 5.10 Å². The molecule has 0 aliphatic rings. The molecule has 0 saturated heterocycles. The summed E-state index contributed by atoms with van der Waals surface area (Å²) in [5.41, 5.74) is 2.24. The van der Waals surface area contributed by atoms with E-state index in [0.717, 1.165) is 23.1 Å². The normalized spacial score (nSPS) is 11.9. The molecule has 0 spiro atoms. The molecule has 10 heteroatoms. The number of carbonyl (C=O) groups is 2. The lowest BCUT2D eigenvalue weighted by atomic mass is 10.2. The van der Waals surface area contributed by atoms with Crippen LogP contribution in [0.5, 0.6) is 0 Å². The number of aromatic nitrogens is 3. The fraction of sp³-hybridized carbons (Fsp3) is 0.300. The minimum absolute atomic E-state index is 0.0350. The average Bonchev–Trinajstić information content (AvgIpc) is 3.24. The molecule has 158 valence electrons. The smallest absolute Gasteiger partial charge is 0.238 e. The Morgan fingerprint density at radius 2 is 1.97 bits per heavy atom. The molecule has 3 aromatic rings. The van der Waals surface area contributed by atoms with Gasteiger partial charge in [-0.25, -0.2) is 9.07 Å². The second-order valence-electron chi connectivity index (χ2n) is 6.82. The zero-order chi connectivity index (χ0) is 21.8. The fourth-order valence-electron chi connectivity index (χ4n) is 2.76. The Bertz CT molecular complexity index is 1080. The van der Waals surface area contributed by atoms with E-state index in [1.54, 1.807) is 32.0 Å². The lowest BCUT2D eigenvalue weighted by Gasteiger charge is -2.11. The summed E-state index contributed by atoms with van der Waals surface area (Å²) in [6, 6.07) is 7.88. The number of rotatable bonds is 7. The van der Waals surface area contributed by atoms with Crippen molar-refractivity contribution in [3.8, 4) is 5.69 Å². The standard InChI is InChI=1S/C20H22FN5O3S/c1-11-7-12(2)26(24-11)17-6-5-15(9-16(17)21)22-19(27)10-30-14(4)20(28)23-18-8-13(3)29-25-18/h5-9,14H,10H2,1-4H3,(H,22,27)(H,23,25,28). The van der Waals surface area contributed by atoms with E-state index in [1.165, 1.54) is 10.7 Å². The molecule has 0 aliphatic carbocycles. The van der Waals surface area contributed by atoms with Crippen molar-refractivity contribution >= 4 is 35.1 Å². The summed E-state index contributed by atoms with van der Waals surface area (Å²) >= 11 is 1.16. The van der Waals surface area contributed by atoms with Crippen LogP contribution < -0.4 is 10.6 Å². The molecule has 2 amide bonds. The highest BCUT2D eigenvalue weighted by Crippen LogP contribution is 2.21. The Morgan fingerprint density at radius 1 is 1.20 bits per heavy atom. The monoisotopic (exact) mass is 431 g/mol. The summed E-state index contributed by atoms with van der Waals surface area (Å²) in [6.07, 6.45) is 0. The summed E-state index contributed by atoms with van der Waals surface area (Å²) in [6.45, 7) is 7.08. The number of thioether (sulfide) groups is 1. The zero-order valence-corrected chi connectivity index (χ0v) is 17.8. The highest BCUT2D eigenvalue weighted by atomic mass is 32.2. The Balaban J connectivity index is 1.53. The van der Waals surface area contributed by atoms with Crippen molar-refractivity contribution < 1.29 is 18.5 Å². The lowest BCUT2D eigenvalue weighted by Crippen LogP contribution is -2.25. The Hall–Kier alpha value is -3.14. The molecule has 0 saturated carbocycles. The summed E-state index contributed by atoms with van der Waals surface area (Å²) in [5.74, 6) is -0.180. The first-order valence-electron chi connectivity index (χ1n) is 9.22. The van der Waals surface area contributed by atoms with E-state index in [2.05, 4.69) is 20.9 Å². The van der Waals surface area contributed by atoms with Crippen LogP contribution in [0.15, 0.2) is 34.9 Å². The average molecular weight is 431 g/mol. The third-order valence-corrected chi connectivity index (χ3v) is 5.33. The van der Waals surface area contributed by atoms with Gasteiger partial charge < -0.3 is 15.2 Å². The van der Waals surface area contributed by atoms with Gasteiger partial charge >= 0.3 is 0 Å². The fourth-order valence-corrected chi connectivity index (χ4v) is 3.44. The molecule has 30 heavy (non-hydrogen) atoms. The van der Waals surface area contributed by atoms with Gasteiger partial charge in [0.05, 0.1) is 16.7 Å². The van der Waals surface area contributed by atoms with Gasteiger partial charge in [-0.1, -0.05) is 5.16 Å². The molecule has 0 radical (unpaired) electrons. The molecule has 2 heterocycles. The van der Waals surface area contributed by atoms with Gasteiger partial charge in [0.25, 0.3) is 0 Å². The van der Waals surface area contributed by atoms with Crippen molar-refractivity contribution in [1.29, 1.82) is 0 Å². The molecule has 1 aromatic carbocycles. The van der Waals surface area contributed by atoms with Crippen LogP contribution in [0.1, 0.15) is 24.1 Å². The molecule has 0 fully saturated rings. The van der Waals surface area contributed by atoms with Crippen LogP contribution in [-0.2, 0) is 9.59 Å². The SMILES string of the molecule is Cc1cc(C)n(-c2ccc(NC(=O)CSC(C)C(=O)Nc3cc(C)on3)cc2F)n1. The van der Waals surface area contributed by atoms with E-state index in [1.807, 2.05) is 19.9 Å². The highest BCUT2D eigenvalue weighted by molar-refractivity contribution is 8.01. The van der Waals surface area contributed by atoms with Crippen molar-refractivity contribution in [3.63, 3.8) is 0 Å². The number of halogens is 1. The van der Waals surface area contributed by atoms with Gasteiger partial charge in [0.1, 0.15) is 11.4 Å². The van der Waals surface area contributed by atoms with E-state index in [0.29, 0.717) is 23.0 Å². The van der Waals surface area contributed by atoms with Crippen molar-refractivity contribution in [1.82, 2.24) is 14.9 Å². The number of hydrogen-bond donors (Lipinski definition) is 2. The van der Waals surface area contributed by atoms with Crippen LogP contribution in [0.4, 0.5) is 15.9 Å². The number of nitrogens with zero attached hydrogens (tertiary/aromatic N) is 3. The quantitative estimate of drug-likeness (QED) is 0.592. The number of carbonyl (C=O) groups excluding carboxylic acids is 2. The van der Waals surface area contributed by atoms with Gasteiger partial charge in [0, 0.05) is 17.4 Å².